The molecule has 1 aliphatic rings. The van der Waals surface area contributed by atoms with Gasteiger partial charge in [-0.05, 0) is 30.5 Å². The lowest BCUT2D eigenvalue weighted by Crippen LogP contribution is -2.34. The number of carbonyl (C=O) groups excluding carboxylic acids is 1. The molecule has 4 N–H and O–H groups in total. The third kappa shape index (κ3) is 3.43. The minimum atomic E-state index is -0.0966. The Balaban J connectivity index is 1.56. The van der Waals surface area contributed by atoms with Crippen LogP contribution in [0.25, 0.3) is 0 Å². The number of nitrogens with zero attached hydrogens (tertiary/aromatic N) is 1. The lowest BCUT2D eigenvalue weighted by atomic mass is 9.79. The number of nitrogens with two attached hydrogens (primary N) is 1. The predicted molar refractivity (Wildman–Crippen MR) is 82.3 cm³/mol. The number of hydrogen-bond acceptors (Lipinski definition) is 3. The third-order valence-electron chi connectivity index (χ3n) is 3.76. The number of rotatable bonds is 4. The summed E-state index contributed by atoms with van der Waals surface area (Å²) in [7, 11) is 0. The molecule has 1 aromatic heterocycles. The lowest BCUT2D eigenvalue weighted by molar-refractivity contribution is -0.115. The van der Waals surface area contributed by atoms with Gasteiger partial charge in [0.25, 0.3) is 0 Å². The summed E-state index contributed by atoms with van der Waals surface area (Å²) in [6, 6.07) is 9.41. The van der Waals surface area contributed by atoms with Crippen LogP contribution in [0.3, 0.4) is 0 Å². The molecular weight excluding hydrogens is 288 g/mol. The van der Waals surface area contributed by atoms with Crippen molar-refractivity contribution in [3.05, 3.63) is 46.6 Å². The number of aromatic amines is 1. The fraction of sp³-hybridized carbons (Fsp3) is 0.333. The highest BCUT2D eigenvalue weighted by molar-refractivity contribution is 6.30. The monoisotopic (exact) mass is 304 g/mol. The van der Waals surface area contributed by atoms with Gasteiger partial charge < -0.3 is 11.1 Å². The van der Waals surface area contributed by atoms with E-state index in [-0.39, 0.29) is 5.91 Å². The Kier molecular flexibility index (Phi) is 3.94. The Morgan fingerprint density at radius 3 is 2.76 bits per heavy atom. The Bertz CT molecular complexity index is 631. The number of carbonyl (C=O) groups is 1. The normalized spacial score (nSPS) is 20.9. The summed E-state index contributed by atoms with van der Waals surface area (Å²) in [4.78, 5) is 12.0. The molecule has 110 valence electrons. The maximum absolute atomic E-state index is 12.0. The van der Waals surface area contributed by atoms with E-state index >= 15 is 0 Å². The molecule has 0 unspecified atom stereocenters. The maximum atomic E-state index is 12.0. The highest BCUT2D eigenvalue weighted by atomic mass is 35.5. The van der Waals surface area contributed by atoms with Crippen molar-refractivity contribution in [2.45, 2.75) is 31.2 Å². The molecule has 0 atom stereocenters. The van der Waals surface area contributed by atoms with Crippen LogP contribution in [0, 0.1) is 0 Å². The standard InChI is InChI=1S/C15H17ClN4O/c16-11-3-1-9(2-4-11)5-15(21)18-14-8-13(19-20-14)10-6-12(17)7-10/h1-4,8,10,12H,5-7,17H2,(H2,18,19,20,21). The van der Waals surface area contributed by atoms with E-state index in [0.717, 1.165) is 24.1 Å². The van der Waals surface area contributed by atoms with Crippen molar-refractivity contribution >= 4 is 23.3 Å². The SMILES string of the molecule is NC1CC(c2cc(NC(=O)Cc3ccc(Cl)cc3)n[nH]2)C1. The number of amides is 1. The molecule has 21 heavy (non-hydrogen) atoms. The van der Waals surface area contributed by atoms with Gasteiger partial charge in [0.2, 0.25) is 5.91 Å². The van der Waals surface area contributed by atoms with Crippen LogP contribution >= 0.6 is 11.6 Å². The summed E-state index contributed by atoms with van der Waals surface area (Å²) in [5.74, 6) is 0.902. The van der Waals surface area contributed by atoms with Crippen molar-refractivity contribution in [3.8, 4) is 0 Å². The average Bonchev–Trinajstić information content (AvgIpc) is 2.86. The molecule has 1 aliphatic carbocycles. The molecule has 1 fully saturated rings. The number of nitrogens with one attached hydrogen (secondary N) is 2. The Morgan fingerprint density at radius 2 is 2.10 bits per heavy atom. The van der Waals surface area contributed by atoms with Gasteiger partial charge in [0.1, 0.15) is 0 Å². The van der Waals surface area contributed by atoms with Crippen molar-refractivity contribution in [2.75, 3.05) is 5.32 Å². The van der Waals surface area contributed by atoms with Crippen LogP contribution in [0.5, 0.6) is 0 Å². The lowest BCUT2D eigenvalue weighted by Gasteiger charge is -2.31. The largest absolute Gasteiger partial charge is 0.328 e. The first-order valence-corrected chi connectivity index (χ1v) is 7.33. The van der Waals surface area contributed by atoms with E-state index in [1.807, 2.05) is 18.2 Å². The summed E-state index contributed by atoms with van der Waals surface area (Å²) >= 11 is 5.82. The van der Waals surface area contributed by atoms with E-state index < -0.39 is 0 Å². The number of aromatic nitrogens is 2. The minimum Gasteiger partial charge on any atom is -0.328 e. The van der Waals surface area contributed by atoms with Gasteiger partial charge in [0.05, 0.1) is 6.42 Å². The van der Waals surface area contributed by atoms with Crippen LogP contribution in [-0.4, -0.2) is 22.1 Å². The van der Waals surface area contributed by atoms with E-state index in [2.05, 4.69) is 15.5 Å². The number of benzene rings is 1. The van der Waals surface area contributed by atoms with Crippen molar-refractivity contribution < 1.29 is 4.79 Å². The van der Waals surface area contributed by atoms with Gasteiger partial charge in [-0.25, -0.2) is 0 Å². The summed E-state index contributed by atoms with van der Waals surface area (Å²) in [6.07, 6.45) is 2.24. The van der Waals surface area contributed by atoms with Crippen LogP contribution in [0.1, 0.15) is 30.0 Å². The molecular formula is C15H17ClN4O. The second-order valence-electron chi connectivity index (χ2n) is 5.49. The van der Waals surface area contributed by atoms with Crippen LogP contribution in [0.2, 0.25) is 5.02 Å². The van der Waals surface area contributed by atoms with E-state index in [0.29, 0.717) is 29.2 Å². The second-order valence-corrected chi connectivity index (χ2v) is 5.92. The number of halogens is 1. The van der Waals surface area contributed by atoms with Gasteiger partial charge in [-0.2, -0.15) is 5.10 Å². The quantitative estimate of drug-likeness (QED) is 0.811. The molecule has 0 bridgehead atoms. The molecule has 6 heteroatoms. The third-order valence-corrected chi connectivity index (χ3v) is 4.01. The Morgan fingerprint density at radius 1 is 1.38 bits per heavy atom. The number of H-pyrrole nitrogens is 1. The summed E-state index contributed by atoms with van der Waals surface area (Å²) in [5.41, 5.74) is 7.73. The highest BCUT2D eigenvalue weighted by Crippen LogP contribution is 2.35. The molecule has 1 saturated carbocycles. The maximum Gasteiger partial charge on any atom is 0.229 e. The van der Waals surface area contributed by atoms with Crippen LogP contribution < -0.4 is 11.1 Å². The van der Waals surface area contributed by atoms with Gasteiger partial charge >= 0.3 is 0 Å². The molecule has 3 rings (SSSR count). The first-order chi connectivity index (χ1) is 10.1. The van der Waals surface area contributed by atoms with Gasteiger partial charge in [-0.15, -0.1) is 0 Å². The van der Waals surface area contributed by atoms with Crippen LogP contribution in [0.15, 0.2) is 30.3 Å². The first kappa shape index (κ1) is 14.1. The van der Waals surface area contributed by atoms with Gasteiger partial charge in [-0.1, -0.05) is 23.7 Å². The highest BCUT2D eigenvalue weighted by Gasteiger charge is 2.28. The van der Waals surface area contributed by atoms with E-state index in [1.165, 1.54) is 0 Å². The molecule has 1 heterocycles. The topological polar surface area (TPSA) is 83.8 Å². The van der Waals surface area contributed by atoms with E-state index in [1.54, 1.807) is 12.1 Å². The molecule has 0 radical (unpaired) electrons. The smallest absolute Gasteiger partial charge is 0.229 e. The zero-order valence-corrected chi connectivity index (χ0v) is 12.2. The summed E-state index contributed by atoms with van der Waals surface area (Å²) < 4.78 is 0. The molecule has 0 aliphatic heterocycles. The molecule has 5 nitrogen and oxygen atoms in total. The molecule has 1 aromatic carbocycles. The predicted octanol–water partition coefficient (Wildman–Crippen LogP) is 2.45. The first-order valence-electron chi connectivity index (χ1n) is 6.95. The fourth-order valence-corrected chi connectivity index (χ4v) is 2.63. The molecule has 0 saturated heterocycles. The minimum absolute atomic E-state index is 0.0966. The Hall–Kier alpha value is -1.85. The number of anilines is 1. The van der Waals surface area contributed by atoms with Crippen LogP contribution in [-0.2, 0) is 11.2 Å². The number of hydrogen-bond donors (Lipinski definition) is 3. The van der Waals surface area contributed by atoms with Crippen molar-refractivity contribution in [3.63, 3.8) is 0 Å². The summed E-state index contributed by atoms with van der Waals surface area (Å²) in [5, 5.41) is 10.5. The van der Waals surface area contributed by atoms with Gasteiger partial charge in [-0.3, -0.25) is 9.89 Å². The molecule has 0 spiro atoms. The van der Waals surface area contributed by atoms with Gasteiger partial charge in [0, 0.05) is 28.7 Å². The van der Waals surface area contributed by atoms with E-state index in [9.17, 15) is 4.79 Å². The van der Waals surface area contributed by atoms with E-state index in [4.69, 9.17) is 17.3 Å². The average molecular weight is 305 g/mol. The molecule has 1 amide bonds. The fourth-order valence-electron chi connectivity index (χ4n) is 2.50. The van der Waals surface area contributed by atoms with Gasteiger partial charge in [0.15, 0.2) is 5.82 Å². The van der Waals surface area contributed by atoms with Crippen molar-refractivity contribution in [1.29, 1.82) is 0 Å². The Labute approximate surface area is 127 Å². The van der Waals surface area contributed by atoms with Crippen molar-refractivity contribution in [2.24, 2.45) is 5.73 Å². The van der Waals surface area contributed by atoms with Crippen LogP contribution in [0.4, 0.5) is 5.82 Å². The second kappa shape index (κ2) is 5.87. The zero-order valence-electron chi connectivity index (χ0n) is 11.5. The zero-order chi connectivity index (χ0) is 14.8. The molecule has 2 aromatic rings. The van der Waals surface area contributed by atoms with Crippen molar-refractivity contribution in [1.82, 2.24) is 10.2 Å². The summed E-state index contributed by atoms with van der Waals surface area (Å²) in [6.45, 7) is 0.